The fraction of sp³-hybridized carbons (Fsp3) is 0.143. The fourth-order valence-electron chi connectivity index (χ4n) is 1.45. The molecule has 0 spiro atoms. The van der Waals surface area contributed by atoms with Crippen LogP contribution in [0.5, 0.6) is 0 Å². The molecule has 0 amide bonds. The van der Waals surface area contributed by atoms with E-state index in [0.717, 1.165) is 15.5 Å². The summed E-state index contributed by atoms with van der Waals surface area (Å²) in [6.45, 7) is 1.61. The third kappa shape index (κ3) is 5.18. The van der Waals surface area contributed by atoms with Gasteiger partial charge in [-0.25, -0.2) is 8.42 Å². The van der Waals surface area contributed by atoms with Crippen LogP contribution < -0.4 is 10.5 Å². The van der Waals surface area contributed by atoms with Crippen molar-refractivity contribution >= 4 is 43.0 Å². The van der Waals surface area contributed by atoms with Gasteiger partial charge in [0.2, 0.25) is 10.0 Å². The summed E-state index contributed by atoms with van der Waals surface area (Å²) in [4.78, 5) is 2.17. The van der Waals surface area contributed by atoms with E-state index in [2.05, 4.69) is 4.72 Å². The van der Waals surface area contributed by atoms with Gasteiger partial charge in [0.15, 0.2) is 0 Å². The molecule has 0 heterocycles. The molecule has 2 aromatic rings. The molecule has 2 aromatic carbocycles. The van der Waals surface area contributed by atoms with Crippen LogP contribution in [0.3, 0.4) is 0 Å². The summed E-state index contributed by atoms with van der Waals surface area (Å²) >= 11 is 0. The van der Waals surface area contributed by atoms with E-state index in [1.807, 2.05) is 36.4 Å². The van der Waals surface area contributed by atoms with E-state index in [0.29, 0.717) is 5.69 Å². The monoisotopic (exact) mass is 340 g/mol. The van der Waals surface area contributed by atoms with Crippen molar-refractivity contribution in [1.82, 2.24) is 0 Å². The zero-order chi connectivity index (χ0) is 15.3. The minimum Gasteiger partial charge on any atom is -0.399 e. The van der Waals surface area contributed by atoms with Gasteiger partial charge >= 0.3 is 0 Å². The van der Waals surface area contributed by atoms with Crippen LogP contribution in [-0.2, 0) is 10.0 Å². The maximum absolute atomic E-state index is 11.5. The van der Waals surface area contributed by atoms with Crippen LogP contribution in [0.25, 0.3) is 0 Å². The van der Waals surface area contributed by atoms with Crippen molar-refractivity contribution in [2.24, 2.45) is 0 Å². The summed E-state index contributed by atoms with van der Waals surface area (Å²) in [6, 6.07) is 15.0. The standard InChI is InChI=1S/C14H16N2O2S3/c1-2-21(17,18)16-12-5-9-14(10-6-12)20-19-13-7-3-11(15)4-8-13/h3-10,16H,2,15H2,1H3. The first-order valence-corrected chi connectivity index (χ1v) is 10.1. The van der Waals surface area contributed by atoms with Crippen molar-refractivity contribution in [3.8, 4) is 0 Å². The van der Waals surface area contributed by atoms with Crippen LogP contribution in [0.1, 0.15) is 6.92 Å². The zero-order valence-corrected chi connectivity index (χ0v) is 13.9. The lowest BCUT2D eigenvalue weighted by Gasteiger charge is -2.07. The van der Waals surface area contributed by atoms with Crippen LogP contribution in [0.2, 0.25) is 0 Å². The van der Waals surface area contributed by atoms with E-state index in [9.17, 15) is 8.42 Å². The van der Waals surface area contributed by atoms with E-state index < -0.39 is 10.0 Å². The maximum Gasteiger partial charge on any atom is 0.232 e. The first-order chi connectivity index (χ1) is 9.98. The molecule has 4 nitrogen and oxygen atoms in total. The first kappa shape index (κ1) is 16.1. The van der Waals surface area contributed by atoms with Gasteiger partial charge in [0.1, 0.15) is 0 Å². The van der Waals surface area contributed by atoms with Gasteiger partial charge in [-0.15, -0.1) is 0 Å². The molecule has 0 fully saturated rings. The zero-order valence-electron chi connectivity index (χ0n) is 11.4. The van der Waals surface area contributed by atoms with Gasteiger partial charge < -0.3 is 5.73 Å². The molecular weight excluding hydrogens is 324 g/mol. The molecule has 0 aliphatic carbocycles. The first-order valence-electron chi connectivity index (χ1n) is 6.29. The van der Waals surface area contributed by atoms with Crippen molar-refractivity contribution in [2.75, 3.05) is 16.2 Å². The lowest BCUT2D eigenvalue weighted by molar-refractivity contribution is 0.602. The Labute approximate surface area is 133 Å². The Morgan fingerprint density at radius 2 is 1.43 bits per heavy atom. The van der Waals surface area contributed by atoms with Gasteiger partial charge in [-0.05, 0) is 55.5 Å². The van der Waals surface area contributed by atoms with Crippen molar-refractivity contribution < 1.29 is 8.42 Å². The number of benzene rings is 2. The van der Waals surface area contributed by atoms with Crippen molar-refractivity contribution in [3.05, 3.63) is 48.5 Å². The van der Waals surface area contributed by atoms with Crippen LogP contribution in [0.15, 0.2) is 58.3 Å². The molecule has 21 heavy (non-hydrogen) atoms. The Bertz CT molecular complexity index is 683. The summed E-state index contributed by atoms with van der Waals surface area (Å²) in [5.41, 5.74) is 6.97. The molecule has 0 aromatic heterocycles. The highest BCUT2D eigenvalue weighted by molar-refractivity contribution is 8.76. The minimum atomic E-state index is -3.22. The van der Waals surface area contributed by atoms with Gasteiger partial charge in [0.05, 0.1) is 5.75 Å². The predicted molar refractivity (Wildman–Crippen MR) is 92.1 cm³/mol. The summed E-state index contributed by atoms with van der Waals surface area (Å²) < 4.78 is 25.4. The Balaban J connectivity index is 1.95. The van der Waals surface area contributed by atoms with Gasteiger partial charge in [-0.3, -0.25) is 4.72 Å². The van der Waals surface area contributed by atoms with Crippen LogP contribution in [0, 0.1) is 0 Å². The summed E-state index contributed by atoms with van der Waals surface area (Å²) in [6.07, 6.45) is 0. The molecule has 0 bridgehead atoms. The largest absolute Gasteiger partial charge is 0.399 e. The predicted octanol–water partition coefficient (Wildman–Crippen LogP) is 3.83. The summed E-state index contributed by atoms with van der Waals surface area (Å²) in [5.74, 6) is 0.0660. The van der Waals surface area contributed by atoms with Crippen LogP contribution in [0.4, 0.5) is 11.4 Å². The molecule has 2 rings (SSSR count). The molecule has 3 N–H and O–H groups in total. The minimum absolute atomic E-state index is 0.0660. The fourth-order valence-corrected chi connectivity index (χ4v) is 4.02. The normalized spacial score (nSPS) is 11.3. The average Bonchev–Trinajstić information content (AvgIpc) is 2.48. The topological polar surface area (TPSA) is 72.2 Å². The Kier molecular flexibility index (Phi) is 5.44. The number of hydrogen-bond donors (Lipinski definition) is 2. The number of sulfonamides is 1. The highest BCUT2D eigenvalue weighted by Gasteiger charge is 2.06. The Morgan fingerprint density at radius 1 is 0.952 bits per heavy atom. The number of hydrogen-bond acceptors (Lipinski definition) is 5. The second-order valence-corrected chi connectivity index (χ2v) is 8.55. The molecule has 0 radical (unpaired) electrons. The van der Waals surface area contributed by atoms with E-state index in [1.165, 1.54) is 0 Å². The average molecular weight is 340 g/mol. The molecule has 112 valence electrons. The molecule has 0 atom stereocenters. The number of nitrogen functional groups attached to an aromatic ring is 1. The van der Waals surface area contributed by atoms with Crippen molar-refractivity contribution in [1.29, 1.82) is 0 Å². The quantitative estimate of drug-likeness (QED) is 0.617. The molecule has 0 aliphatic rings. The number of nitrogens with one attached hydrogen (secondary N) is 1. The highest BCUT2D eigenvalue weighted by atomic mass is 33.1. The van der Waals surface area contributed by atoms with Crippen LogP contribution in [-0.4, -0.2) is 14.2 Å². The SMILES string of the molecule is CCS(=O)(=O)Nc1ccc(SSc2ccc(N)cc2)cc1. The van der Waals surface area contributed by atoms with Crippen molar-refractivity contribution in [3.63, 3.8) is 0 Å². The van der Waals surface area contributed by atoms with Gasteiger partial charge in [-0.1, -0.05) is 21.6 Å². The van der Waals surface area contributed by atoms with Gasteiger partial charge in [0.25, 0.3) is 0 Å². The third-order valence-electron chi connectivity index (χ3n) is 2.62. The molecule has 7 heteroatoms. The van der Waals surface area contributed by atoms with E-state index >= 15 is 0 Å². The van der Waals surface area contributed by atoms with E-state index in [-0.39, 0.29) is 5.75 Å². The second-order valence-electron chi connectivity index (χ2n) is 4.27. The lowest BCUT2D eigenvalue weighted by atomic mass is 10.3. The highest BCUT2D eigenvalue weighted by Crippen LogP contribution is 2.37. The van der Waals surface area contributed by atoms with E-state index in [1.54, 1.807) is 40.6 Å². The number of rotatable bonds is 6. The van der Waals surface area contributed by atoms with Crippen molar-refractivity contribution in [2.45, 2.75) is 16.7 Å². The number of nitrogens with two attached hydrogens (primary N) is 1. The van der Waals surface area contributed by atoms with E-state index in [4.69, 9.17) is 5.73 Å². The molecule has 0 aliphatic heterocycles. The Hall–Kier alpha value is -1.31. The molecule has 0 unspecified atom stereocenters. The van der Waals surface area contributed by atoms with Crippen LogP contribution >= 0.6 is 21.6 Å². The number of anilines is 2. The smallest absolute Gasteiger partial charge is 0.232 e. The van der Waals surface area contributed by atoms with Gasteiger partial charge in [0, 0.05) is 21.2 Å². The summed E-state index contributed by atoms with van der Waals surface area (Å²) in [7, 11) is 0.0200. The molecule has 0 saturated carbocycles. The molecule has 0 saturated heterocycles. The van der Waals surface area contributed by atoms with Gasteiger partial charge in [-0.2, -0.15) is 0 Å². The third-order valence-corrected chi connectivity index (χ3v) is 6.35. The lowest BCUT2D eigenvalue weighted by Crippen LogP contribution is -2.14. The summed E-state index contributed by atoms with van der Waals surface area (Å²) in [5, 5.41) is 0. The Morgan fingerprint density at radius 3 is 1.90 bits per heavy atom. The molecular formula is C14H16N2O2S3. The maximum atomic E-state index is 11.5. The second kappa shape index (κ2) is 7.11.